The summed E-state index contributed by atoms with van der Waals surface area (Å²) in [5.74, 6) is -9.69. The lowest BCUT2D eigenvalue weighted by atomic mass is 9.83. The number of ketones is 1. The number of Topliss-reactive ketones (excluding diaryl/α,β-unsaturated/α-hetero) is 1. The molecule has 1 unspecified atom stereocenters. The summed E-state index contributed by atoms with van der Waals surface area (Å²) in [4.78, 5) is 68.4. The number of aliphatic hydroxyl groups excluding tert-OH is 2. The van der Waals surface area contributed by atoms with Crippen LogP contribution in [-0.2, 0) is 23.8 Å². The second-order valence-electron chi connectivity index (χ2n) is 22.7. The lowest BCUT2D eigenvalue weighted by Gasteiger charge is -2.37. The van der Waals surface area contributed by atoms with E-state index >= 15 is 4.39 Å². The van der Waals surface area contributed by atoms with Crippen LogP contribution in [-0.4, -0.2) is 145 Å². The van der Waals surface area contributed by atoms with Crippen LogP contribution in [0.1, 0.15) is 116 Å². The van der Waals surface area contributed by atoms with Crippen molar-refractivity contribution in [1.29, 1.82) is 0 Å². The number of aromatic nitrogens is 1. The van der Waals surface area contributed by atoms with Crippen molar-refractivity contribution in [3.8, 4) is 23.0 Å². The summed E-state index contributed by atoms with van der Waals surface area (Å²) in [6.07, 6.45) is 7.92. The fourth-order valence-corrected chi connectivity index (χ4v) is 12.2. The van der Waals surface area contributed by atoms with Gasteiger partial charge in [0.05, 0.1) is 82.5 Å². The van der Waals surface area contributed by atoms with Gasteiger partial charge in [0.15, 0.2) is 11.6 Å². The van der Waals surface area contributed by atoms with Crippen LogP contribution in [0.25, 0.3) is 16.3 Å². The first-order valence-corrected chi connectivity index (χ1v) is 27.5. The number of benzene rings is 2. The summed E-state index contributed by atoms with van der Waals surface area (Å²) in [5, 5.41) is 77.5. The smallest absolute Gasteiger partial charge is 0.341 e. The standard InChI is InChI=1S/C59H72FN7O15/c1-26-10-9-11-27(2)56(75)64-45-37(23-63-66-20-16-34(24-66)32-14-18-65(19-15-32)47-29(4)46-35(33-12-13-33)22-36(58(77)78)57(76)67(46)25-38(47)60)50(71)40-41(51(45)72)49(70)30(5)53-42(40)55(74)59(7,82-53)80-21-17-39(79-8)28(3)54(81-31(6)68)44(62)52(73)43(61)48(26)69/h9-11,17,21-23,25-26,28,32-34,39,43-44,48,52,54,69-73H,12-16,18-20,24,61-62H2,1-8H3,(H,64,75)(H,77,78)/b10-9+,21-17?,27-11-,63-23+/t26-,28+,34?,39-,43+,44+,48-,52+,54+,59-/m0/s1. The van der Waals surface area contributed by atoms with Crippen LogP contribution in [0.5, 0.6) is 23.0 Å². The number of anilines is 2. The quantitative estimate of drug-likeness (QED) is 0.0465. The molecule has 10 atom stereocenters. The molecule has 4 aromatic rings. The third-order valence-electron chi connectivity index (χ3n) is 17.2. The number of aromatic carboxylic acids is 1. The lowest BCUT2D eigenvalue weighted by Crippen LogP contribution is -2.60. The van der Waals surface area contributed by atoms with E-state index in [4.69, 9.17) is 35.5 Å². The summed E-state index contributed by atoms with van der Waals surface area (Å²) in [7, 11) is 1.36. The Kier molecular flexibility index (Phi) is 16.6. The number of esters is 1. The van der Waals surface area contributed by atoms with Crippen LogP contribution in [0.3, 0.4) is 0 Å². The number of methoxy groups -OCH3 is 1. The highest BCUT2D eigenvalue weighted by Gasteiger charge is 2.50. The molecule has 1 saturated carbocycles. The summed E-state index contributed by atoms with van der Waals surface area (Å²) >= 11 is 0. The van der Waals surface area contributed by atoms with Crippen LogP contribution in [0.2, 0.25) is 0 Å². The van der Waals surface area contributed by atoms with Crippen molar-refractivity contribution < 1.29 is 73.2 Å². The predicted octanol–water partition coefficient (Wildman–Crippen LogP) is 5.34. The monoisotopic (exact) mass is 1140 g/mol. The fourth-order valence-electron chi connectivity index (χ4n) is 12.2. The molecule has 3 fully saturated rings. The number of carboxylic acid groups (broad SMARTS) is 1. The molecule has 440 valence electrons. The third kappa shape index (κ3) is 10.7. The van der Waals surface area contributed by atoms with E-state index in [0.29, 0.717) is 55.8 Å². The normalized spacial score (nSPS) is 28.8. The van der Waals surface area contributed by atoms with Crippen LogP contribution >= 0.6 is 0 Å². The number of halogens is 1. The van der Waals surface area contributed by atoms with Crippen LogP contribution in [0.4, 0.5) is 15.8 Å². The Morgan fingerprint density at radius 2 is 1.60 bits per heavy atom. The third-order valence-corrected chi connectivity index (χ3v) is 17.2. The summed E-state index contributed by atoms with van der Waals surface area (Å²) in [5.41, 5.74) is 13.2. The molecule has 2 aromatic heterocycles. The zero-order valence-corrected chi connectivity index (χ0v) is 47.0. The topological polar surface area (TPSA) is 331 Å². The van der Waals surface area contributed by atoms with Gasteiger partial charge in [-0.05, 0) is 93.9 Å². The molecule has 10 rings (SSSR count). The molecule has 82 heavy (non-hydrogen) atoms. The Hall–Kier alpha value is -7.57. The number of rotatable bonds is 8. The van der Waals surface area contributed by atoms with E-state index in [0.717, 1.165) is 48.6 Å². The number of allylic oxidation sites excluding steroid dienone is 2. The molecule has 0 radical (unpaired) electrons. The Morgan fingerprint density at radius 3 is 2.24 bits per heavy atom. The number of hydrogen-bond acceptors (Lipinski definition) is 19. The van der Waals surface area contributed by atoms with Gasteiger partial charge in [-0.1, -0.05) is 32.1 Å². The Bertz CT molecular complexity index is 3440. The molecular formula is C59H72FN7O15. The van der Waals surface area contributed by atoms with E-state index in [9.17, 15) is 54.6 Å². The van der Waals surface area contributed by atoms with Crippen LogP contribution < -0.4 is 32.0 Å². The van der Waals surface area contributed by atoms with Crippen molar-refractivity contribution in [3.05, 3.63) is 98.0 Å². The number of phenolic OH excluding ortho intramolecular Hbond substituents is 3. The molecule has 7 heterocycles. The highest BCUT2D eigenvalue weighted by atomic mass is 19.1. The van der Waals surface area contributed by atoms with Crippen molar-refractivity contribution in [2.45, 2.75) is 129 Å². The van der Waals surface area contributed by atoms with Gasteiger partial charge in [-0.2, -0.15) is 5.10 Å². The molecule has 0 spiro atoms. The van der Waals surface area contributed by atoms with E-state index in [-0.39, 0.29) is 62.2 Å². The number of amides is 1. The average molecular weight is 1140 g/mol. The summed E-state index contributed by atoms with van der Waals surface area (Å²) in [6, 6.07) is -1.27. The lowest BCUT2D eigenvalue weighted by molar-refractivity contribution is -0.155. The molecular weight excluding hydrogens is 1070 g/mol. The van der Waals surface area contributed by atoms with Crippen molar-refractivity contribution in [2.24, 2.45) is 40.2 Å². The number of aromatic hydroxyl groups is 3. The molecule has 2 aromatic carbocycles. The molecule has 6 aliphatic rings. The minimum atomic E-state index is -2.16. The van der Waals surface area contributed by atoms with Crippen molar-refractivity contribution >= 4 is 57.5 Å². The number of ether oxygens (including phenoxy) is 4. The van der Waals surface area contributed by atoms with Gasteiger partial charge in [0.1, 0.15) is 28.9 Å². The zero-order chi connectivity index (χ0) is 59.5. The first-order chi connectivity index (χ1) is 38.8. The van der Waals surface area contributed by atoms with Crippen LogP contribution in [0.15, 0.2) is 58.3 Å². The number of aliphatic hydroxyl groups is 2. The number of nitrogens with one attached hydrogen (secondary N) is 1. The van der Waals surface area contributed by atoms with Crippen LogP contribution in [0, 0.1) is 43.3 Å². The van der Waals surface area contributed by atoms with E-state index in [2.05, 4.69) is 5.32 Å². The molecule has 1 amide bonds. The number of pyridine rings is 2. The molecule has 11 N–H and O–H groups in total. The number of hydrogen-bond donors (Lipinski definition) is 9. The second kappa shape index (κ2) is 23.0. The maximum Gasteiger partial charge on any atom is 0.341 e. The predicted molar refractivity (Wildman–Crippen MR) is 301 cm³/mol. The van der Waals surface area contributed by atoms with Gasteiger partial charge in [0.2, 0.25) is 0 Å². The minimum Gasteiger partial charge on any atom is -0.507 e. The van der Waals surface area contributed by atoms with Gasteiger partial charge in [-0.25, -0.2) is 9.18 Å². The van der Waals surface area contributed by atoms with E-state index < -0.39 is 112 Å². The first-order valence-electron chi connectivity index (χ1n) is 27.5. The average Bonchev–Trinajstić information content (AvgIpc) is 4.04. The van der Waals surface area contributed by atoms with Gasteiger partial charge in [0.25, 0.3) is 17.2 Å². The number of fused-ring (bicyclic) bond motifs is 15. The number of piperidine rings is 1. The van der Waals surface area contributed by atoms with E-state index in [1.54, 1.807) is 25.8 Å². The minimum absolute atomic E-state index is 0.0101. The van der Waals surface area contributed by atoms with Gasteiger partial charge in [0, 0.05) is 75.5 Å². The molecule has 22 nitrogen and oxygen atoms in total. The number of carbonyl (C=O) groups excluding carboxylic acids is 3. The maximum atomic E-state index is 16.1. The van der Waals surface area contributed by atoms with Gasteiger partial charge >= 0.3 is 17.7 Å². The molecule has 5 bridgehead atoms. The summed E-state index contributed by atoms with van der Waals surface area (Å²) in [6.45, 7) is 12.4. The second-order valence-corrected chi connectivity index (χ2v) is 22.7. The Morgan fingerprint density at radius 1 is 0.915 bits per heavy atom. The zero-order valence-electron chi connectivity index (χ0n) is 47.0. The number of nitrogens with zero attached hydrogens (tertiary/aromatic N) is 4. The molecule has 1 aliphatic carbocycles. The van der Waals surface area contributed by atoms with E-state index in [1.165, 1.54) is 64.5 Å². The van der Waals surface area contributed by atoms with E-state index in [1.807, 2.05) is 4.90 Å². The number of hydrazone groups is 1. The fraction of sp³-hybridized carbons (Fsp3) is 0.492. The van der Waals surface area contributed by atoms with Gasteiger partial charge in [-0.3, -0.25) is 28.6 Å². The largest absolute Gasteiger partial charge is 0.507 e. The molecule has 2 saturated heterocycles. The SMILES string of the molecule is CO[C@H]1C=CO[C@@]2(C)Oc3c(C)c(O)c4c(O)c(c(/C=N/N5CCC(C6CCN(c7c(F)cn8c(=O)c(C(=O)O)cc(C9CC9)c8c7C)CC6)C5)c(O)c4c3C2=O)NC(=O)/C(C)=C\C=C\[C@H](C)[C@H](O)[C@@H](N)[C@@H](O)[C@@H](N)[C@H](OC(C)=O)[C@@H]1C. The number of aryl methyl sites for hydroxylation is 1. The van der Waals surface area contributed by atoms with Crippen molar-refractivity contribution in [3.63, 3.8) is 0 Å². The maximum absolute atomic E-state index is 16.1. The highest BCUT2D eigenvalue weighted by molar-refractivity contribution is 6.24. The van der Waals surface area contributed by atoms with Crippen molar-refractivity contribution in [2.75, 3.05) is 43.5 Å². The van der Waals surface area contributed by atoms with Gasteiger partial charge in [-0.15, -0.1) is 0 Å². The molecule has 23 heteroatoms. The van der Waals surface area contributed by atoms with Crippen molar-refractivity contribution in [1.82, 2.24) is 9.41 Å². The number of phenols is 3. The Balaban J connectivity index is 1.03. The molecule has 5 aliphatic heterocycles. The van der Waals surface area contributed by atoms with Gasteiger partial charge < -0.3 is 71.3 Å². The highest BCUT2D eigenvalue weighted by Crippen LogP contribution is 2.55. The number of carboxylic acids is 1. The summed E-state index contributed by atoms with van der Waals surface area (Å²) < 4.78 is 40.8. The first kappa shape index (κ1) is 59.1. The number of carbonyl (C=O) groups is 4. The Labute approximate surface area is 472 Å². The number of nitrogens with two attached hydrogens (primary N) is 2.